The monoisotopic (exact) mass is 148 g/mol. The summed E-state index contributed by atoms with van der Waals surface area (Å²) in [6.45, 7) is 6.01. The molecule has 11 heavy (non-hydrogen) atoms. The van der Waals surface area contributed by atoms with Gasteiger partial charge in [-0.15, -0.1) is 6.58 Å². The normalized spacial score (nSPS) is 23.0. The van der Waals surface area contributed by atoms with Crippen LogP contribution in [0.4, 0.5) is 0 Å². The summed E-state index contributed by atoms with van der Waals surface area (Å²) in [6, 6.07) is 0. The molecule has 0 aliphatic heterocycles. The van der Waals surface area contributed by atoms with Crippen LogP contribution in [0.25, 0.3) is 0 Å². The molecule has 0 saturated carbocycles. The van der Waals surface area contributed by atoms with E-state index in [0.717, 1.165) is 6.42 Å². The Balaban J connectivity index is 2.56. The van der Waals surface area contributed by atoms with Crippen LogP contribution >= 0.6 is 0 Å². The molecule has 0 aromatic rings. The fraction of sp³-hybridized carbons (Fsp3) is 0.455. The van der Waals surface area contributed by atoms with Gasteiger partial charge in [-0.25, -0.2) is 0 Å². The number of rotatable bonds is 3. The molecule has 0 heterocycles. The Morgan fingerprint density at radius 1 is 1.73 bits per heavy atom. The summed E-state index contributed by atoms with van der Waals surface area (Å²) in [6.07, 6.45) is 12.4. The van der Waals surface area contributed by atoms with Crippen molar-refractivity contribution < 1.29 is 0 Å². The second-order valence-electron chi connectivity index (χ2n) is 3.03. The summed E-state index contributed by atoms with van der Waals surface area (Å²) >= 11 is 0. The van der Waals surface area contributed by atoms with Crippen molar-refractivity contribution in [2.75, 3.05) is 0 Å². The molecule has 0 saturated heterocycles. The molecule has 60 valence electrons. The van der Waals surface area contributed by atoms with Gasteiger partial charge >= 0.3 is 0 Å². The second kappa shape index (κ2) is 4.17. The average molecular weight is 148 g/mol. The van der Waals surface area contributed by atoms with E-state index in [-0.39, 0.29) is 0 Å². The maximum Gasteiger partial charge on any atom is -0.00157 e. The molecule has 1 unspecified atom stereocenters. The molecular weight excluding hydrogens is 132 g/mol. The van der Waals surface area contributed by atoms with Gasteiger partial charge in [-0.05, 0) is 18.8 Å². The van der Waals surface area contributed by atoms with Gasteiger partial charge in [0.25, 0.3) is 0 Å². The lowest BCUT2D eigenvalue weighted by atomic mass is 9.94. The summed E-state index contributed by atoms with van der Waals surface area (Å²) in [5.74, 6) is 0.585. The van der Waals surface area contributed by atoms with E-state index in [1.165, 1.54) is 18.4 Å². The number of allylic oxidation sites excluding steroid dienone is 5. The zero-order valence-electron chi connectivity index (χ0n) is 7.22. The Morgan fingerprint density at radius 3 is 3.18 bits per heavy atom. The average Bonchev–Trinajstić information content (AvgIpc) is 2.06. The first-order chi connectivity index (χ1) is 5.36. The van der Waals surface area contributed by atoms with E-state index >= 15 is 0 Å². The van der Waals surface area contributed by atoms with Crippen molar-refractivity contribution >= 4 is 0 Å². The standard InChI is InChI=1S/C11H16/c1-3-6-11-8-5-7-10(4-2)9-11/h4-5,8-10H,2-3,6-7H2,1H3. The van der Waals surface area contributed by atoms with Crippen molar-refractivity contribution in [2.24, 2.45) is 5.92 Å². The first-order valence-corrected chi connectivity index (χ1v) is 4.36. The number of hydrogen-bond donors (Lipinski definition) is 0. The van der Waals surface area contributed by atoms with Crippen molar-refractivity contribution in [1.82, 2.24) is 0 Å². The molecule has 0 N–H and O–H groups in total. The van der Waals surface area contributed by atoms with E-state index in [2.05, 4.69) is 31.7 Å². The maximum atomic E-state index is 3.80. The third-order valence-electron chi connectivity index (χ3n) is 2.01. The highest BCUT2D eigenvalue weighted by Gasteiger charge is 2.03. The lowest BCUT2D eigenvalue weighted by Crippen LogP contribution is -1.96. The molecule has 0 heteroatoms. The third kappa shape index (κ3) is 2.38. The van der Waals surface area contributed by atoms with Gasteiger partial charge in [0.1, 0.15) is 0 Å². The van der Waals surface area contributed by atoms with Crippen molar-refractivity contribution in [3.8, 4) is 0 Å². The Bertz CT molecular complexity index is 184. The minimum atomic E-state index is 0.585. The molecule has 0 amide bonds. The molecule has 0 aromatic carbocycles. The van der Waals surface area contributed by atoms with Gasteiger partial charge in [-0.2, -0.15) is 0 Å². The molecule has 0 spiro atoms. The van der Waals surface area contributed by atoms with E-state index in [0.29, 0.717) is 5.92 Å². The topological polar surface area (TPSA) is 0 Å². The minimum Gasteiger partial charge on any atom is -0.102 e. The van der Waals surface area contributed by atoms with E-state index in [1.54, 1.807) is 0 Å². The van der Waals surface area contributed by atoms with Crippen molar-refractivity contribution in [3.63, 3.8) is 0 Å². The molecule has 1 rings (SSSR count). The summed E-state index contributed by atoms with van der Waals surface area (Å²) in [7, 11) is 0. The highest BCUT2D eigenvalue weighted by atomic mass is 14.1. The van der Waals surface area contributed by atoms with Crippen molar-refractivity contribution in [1.29, 1.82) is 0 Å². The van der Waals surface area contributed by atoms with Crippen LogP contribution in [0.5, 0.6) is 0 Å². The molecule has 0 radical (unpaired) electrons. The molecular formula is C11H16. The van der Waals surface area contributed by atoms with Crippen LogP contribution in [0.1, 0.15) is 26.2 Å². The zero-order valence-corrected chi connectivity index (χ0v) is 7.22. The maximum absolute atomic E-state index is 3.80. The molecule has 0 bridgehead atoms. The van der Waals surface area contributed by atoms with Gasteiger partial charge in [-0.1, -0.05) is 43.2 Å². The summed E-state index contributed by atoms with van der Waals surface area (Å²) in [5.41, 5.74) is 1.48. The Morgan fingerprint density at radius 2 is 2.55 bits per heavy atom. The van der Waals surface area contributed by atoms with E-state index in [9.17, 15) is 0 Å². The SMILES string of the molecule is C=CC1C=C(CCC)C=CC1. The van der Waals surface area contributed by atoms with Crippen LogP contribution in [-0.4, -0.2) is 0 Å². The highest BCUT2D eigenvalue weighted by molar-refractivity contribution is 5.25. The smallest absolute Gasteiger partial charge is 0.00157 e. The van der Waals surface area contributed by atoms with Crippen LogP contribution < -0.4 is 0 Å². The lowest BCUT2D eigenvalue weighted by Gasteiger charge is -2.11. The van der Waals surface area contributed by atoms with Crippen molar-refractivity contribution in [3.05, 3.63) is 36.5 Å². The van der Waals surface area contributed by atoms with Crippen LogP contribution in [0.15, 0.2) is 36.5 Å². The van der Waals surface area contributed by atoms with Gasteiger partial charge in [0, 0.05) is 0 Å². The van der Waals surface area contributed by atoms with Crippen LogP contribution in [-0.2, 0) is 0 Å². The molecule has 1 aliphatic rings. The first kappa shape index (κ1) is 8.32. The molecule has 1 aliphatic carbocycles. The predicted octanol–water partition coefficient (Wildman–Crippen LogP) is 3.48. The predicted molar refractivity (Wildman–Crippen MR) is 50.4 cm³/mol. The highest BCUT2D eigenvalue weighted by Crippen LogP contribution is 2.20. The van der Waals surface area contributed by atoms with Gasteiger partial charge < -0.3 is 0 Å². The second-order valence-corrected chi connectivity index (χ2v) is 3.03. The molecule has 1 atom stereocenters. The Labute approximate surface area is 69.3 Å². The van der Waals surface area contributed by atoms with Crippen LogP contribution in [0, 0.1) is 5.92 Å². The Kier molecular flexibility index (Phi) is 3.15. The quantitative estimate of drug-likeness (QED) is 0.537. The van der Waals surface area contributed by atoms with E-state index in [4.69, 9.17) is 0 Å². The Hall–Kier alpha value is -0.780. The minimum absolute atomic E-state index is 0.585. The fourth-order valence-electron chi connectivity index (χ4n) is 1.39. The van der Waals surface area contributed by atoms with Crippen LogP contribution in [0.2, 0.25) is 0 Å². The third-order valence-corrected chi connectivity index (χ3v) is 2.01. The van der Waals surface area contributed by atoms with E-state index < -0.39 is 0 Å². The van der Waals surface area contributed by atoms with Crippen LogP contribution in [0.3, 0.4) is 0 Å². The van der Waals surface area contributed by atoms with Gasteiger partial charge in [0.15, 0.2) is 0 Å². The number of hydrogen-bond acceptors (Lipinski definition) is 0. The van der Waals surface area contributed by atoms with Gasteiger partial charge in [-0.3, -0.25) is 0 Å². The molecule has 0 nitrogen and oxygen atoms in total. The van der Waals surface area contributed by atoms with Crippen molar-refractivity contribution in [2.45, 2.75) is 26.2 Å². The fourth-order valence-corrected chi connectivity index (χ4v) is 1.39. The summed E-state index contributed by atoms with van der Waals surface area (Å²) in [4.78, 5) is 0. The summed E-state index contributed by atoms with van der Waals surface area (Å²) in [5, 5.41) is 0. The van der Waals surface area contributed by atoms with E-state index in [1.807, 2.05) is 6.08 Å². The first-order valence-electron chi connectivity index (χ1n) is 4.36. The lowest BCUT2D eigenvalue weighted by molar-refractivity contribution is 0.792. The molecule has 0 fully saturated rings. The van der Waals surface area contributed by atoms with Gasteiger partial charge in [0.05, 0.1) is 0 Å². The largest absolute Gasteiger partial charge is 0.102 e. The van der Waals surface area contributed by atoms with Gasteiger partial charge in [0.2, 0.25) is 0 Å². The molecule has 0 aromatic heterocycles. The zero-order chi connectivity index (χ0) is 8.10. The summed E-state index contributed by atoms with van der Waals surface area (Å²) < 4.78 is 0.